The van der Waals surface area contributed by atoms with E-state index in [0.717, 1.165) is 23.7 Å². The minimum absolute atomic E-state index is 0.0359. The first-order valence-corrected chi connectivity index (χ1v) is 6.02. The van der Waals surface area contributed by atoms with E-state index in [0.29, 0.717) is 0 Å². The van der Waals surface area contributed by atoms with E-state index in [9.17, 15) is 0 Å². The summed E-state index contributed by atoms with van der Waals surface area (Å²) >= 11 is 1.69. The second-order valence-electron chi connectivity index (χ2n) is 3.04. The summed E-state index contributed by atoms with van der Waals surface area (Å²) < 4.78 is 0. The predicted molar refractivity (Wildman–Crippen MR) is 62.7 cm³/mol. The van der Waals surface area contributed by atoms with Crippen molar-refractivity contribution in [3.63, 3.8) is 0 Å². The summed E-state index contributed by atoms with van der Waals surface area (Å²) in [4.78, 5) is 4.21. The molecule has 0 aliphatic carbocycles. The number of nitrogens with zero attached hydrogens (tertiary/aromatic N) is 2. The van der Waals surface area contributed by atoms with Crippen molar-refractivity contribution in [1.29, 1.82) is 5.26 Å². The molecule has 0 aromatic carbocycles. The van der Waals surface area contributed by atoms with Crippen LogP contribution in [0.4, 0.5) is 0 Å². The Bertz CT molecular complexity index is 307. The normalized spacial score (nSPS) is 12.0. The molecule has 1 unspecified atom stereocenters. The van der Waals surface area contributed by atoms with Gasteiger partial charge >= 0.3 is 0 Å². The molecule has 0 saturated heterocycles. The van der Waals surface area contributed by atoms with Gasteiger partial charge in [0, 0.05) is 11.9 Å². The number of nitriles is 1. The third-order valence-electron chi connectivity index (χ3n) is 1.90. The molecule has 0 spiro atoms. The fraction of sp³-hybridized carbons (Fsp3) is 0.455. The van der Waals surface area contributed by atoms with E-state index >= 15 is 0 Å². The first kappa shape index (κ1) is 12.0. The highest BCUT2D eigenvalue weighted by Crippen LogP contribution is 2.15. The van der Waals surface area contributed by atoms with E-state index < -0.39 is 0 Å². The fourth-order valence-corrected chi connectivity index (χ4v) is 2.05. The van der Waals surface area contributed by atoms with Crippen LogP contribution in [-0.2, 0) is 0 Å². The molecular weight excluding hydrogens is 206 g/mol. The average Bonchev–Trinajstić information content (AvgIpc) is 2.29. The van der Waals surface area contributed by atoms with Crippen LogP contribution >= 0.6 is 11.8 Å². The molecule has 1 N–H and O–H groups in total. The lowest BCUT2D eigenvalue weighted by atomic mass is 10.2. The number of pyridine rings is 1. The molecule has 80 valence electrons. The Balaban J connectivity index is 2.24. The minimum atomic E-state index is -0.0359. The summed E-state index contributed by atoms with van der Waals surface area (Å²) in [7, 11) is 0. The zero-order valence-corrected chi connectivity index (χ0v) is 9.63. The number of hydrogen-bond donors (Lipinski definition) is 1. The van der Waals surface area contributed by atoms with Gasteiger partial charge in [0.25, 0.3) is 0 Å². The zero-order chi connectivity index (χ0) is 10.9. The van der Waals surface area contributed by atoms with E-state index in [2.05, 4.69) is 16.4 Å². The molecule has 0 saturated carbocycles. The van der Waals surface area contributed by atoms with Crippen LogP contribution in [0.25, 0.3) is 0 Å². The topological polar surface area (TPSA) is 48.7 Å². The molecule has 4 heteroatoms. The van der Waals surface area contributed by atoms with Crippen LogP contribution in [0, 0.1) is 11.3 Å². The predicted octanol–water partition coefficient (Wildman–Crippen LogP) is 2.07. The zero-order valence-electron chi connectivity index (χ0n) is 8.81. The van der Waals surface area contributed by atoms with Gasteiger partial charge in [0.15, 0.2) is 0 Å². The van der Waals surface area contributed by atoms with Crippen molar-refractivity contribution in [3.05, 3.63) is 24.4 Å². The summed E-state index contributed by atoms with van der Waals surface area (Å²) in [5.74, 6) is 0.919. The first-order chi connectivity index (χ1) is 7.36. The second kappa shape index (κ2) is 7.27. The molecule has 0 radical (unpaired) electrons. The molecule has 1 heterocycles. The SMILES string of the molecule is CCNC(C#N)CCSc1ccccn1. The maximum absolute atomic E-state index is 8.82. The van der Waals surface area contributed by atoms with Crippen LogP contribution < -0.4 is 5.32 Å². The number of aromatic nitrogens is 1. The molecule has 15 heavy (non-hydrogen) atoms. The molecule has 1 aromatic heterocycles. The summed E-state index contributed by atoms with van der Waals surface area (Å²) in [6.07, 6.45) is 2.64. The molecule has 3 nitrogen and oxygen atoms in total. The number of nitrogens with one attached hydrogen (secondary N) is 1. The Hall–Kier alpha value is -1.05. The molecule has 1 rings (SSSR count). The Morgan fingerprint density at radius 3 is 3.07 bits per heavy atom. The highest BCUT2D eigenvalue weighted by atomic mass is 32.2. The minimum Gasteiger partial charge on any atom is -0.302 e. The Labute approximate surface area is 94.9 Å². The second-order valence-corrected chi connectivity index (χ2v) is 4.16. The third kappa shape index (κ3) is 4.82. The van der Waals surface area contributed by atoms with Crippen molar-refractivity contribution >= 4 is 11.8 Å². The van der Waals surface area contributed by atoms with Crippen molar-refractivity contribution in [2.24, 2.45) is 0 Å². The molecule has 0 aliphatic rings. The lowest BCUT2D eigenvalue weighted by Crippen LogP contribution is -2.27. The van der Waals surface area contributed by atoms with E-state index in [1.165, 1.54) is 0 Å². The van der Waals surface area contributed by atoms with Gasteiger partial charge in [0.1, 0.15) is 0 Å². The average molecular weight is 221 g/mol. The van der Waals surface area contributed by atoms with E-state index in [-0.39, 0.29) is 6.04 Å². The molecular formula is C11H15N3S. The van der Waals surface area contributed by atoms with Gasteiger partial charge < -0.3 is 5.32 Å². The third-order valence-corrected chi connectivity index (χ3v) is 2.88. The van der Waals surface area contributed by atoms with Crippen molar-refractivity contribution in [3.8, 4) is 6.07 Å². The van der Waals surface area contributed by atoms with Crippen molar-refractivity contribution in [2.45, 2.75) is 24.4 Å². The van der Waals surface area contributed by atoms with Crippen molar-refractivity contribution in [2.75, 3.05) is 12.3 Å². The Kier molecular flexibility index (Phi) is 5.83. The summed E-state index contributed by atoms with van der Waals surface area (Å²) in [5.41, 5.74) is 0. The summed E-state index contributed by atoms with van der Waals surface area (Å²) in [5, 5.41) is 13.0. The molecule has 0 bridgehead atoms. The largest absolute Gasteiger partial charge is 0.302 e. The van der Waals surface area contributed by atoms with Gasteiger partial charge in [-0.2, -0.15) is 5.26 Å². The van der Waals surface area contributed by atoms with Gasteiger partial charge in [-0.05, 0) is 25.1 Å². The molecule has 1 atom stereocenters. The van der Waals surface area contributed by atoms with E-state index in [4.69, 9.17) is 5.26 Å². The fourth-order valence-electron chi connectivity index (χ4n) is 1.17. The quantitative estimate of drug-likeness (QED) is 0.747. The molecule has 0 aliphatic heterocycles. The highest BCUT2D eigenvalue weighted by Gasteiger charge is 2.04. The van der Waals surface area contributed by atoms with Gasteiger partial charge in [-0.1, -0.05) is 13.0 Å². The van der Waals surface area contributed by atoms with Crippen molar-refractivity contribution in [1.82, 2.24) is 10.3 Å². The monoisotopic (exact) mass is 221 g/mol. The van der Waals surface area contributed by atoms with Gasteiger partial charge in [0.2, 0.25) is 0 Å². The summed E-state index contributed by atoms with van der Waals surface area (Å²) in [6.45, 7) is 2.85. The van der Waals surface area contributed by atoms with Crippen molar-refractivity contribution < 1.29 is 0 Å². The van der Waals surface area contributed by atoms with Gasteiger partial charge in [-0.25, -0.2) is 4.98 Å². The lowest BCUT2D eigenvalue weighted by Gasteiger charge is -2.08. The lowest BCUT2D eigenvalue weighted by molar-refractivity contribution is 0.613. The Morgan fingerprint density at radius 1 is 1.60 bits per heavy atom. The van der Waals surface area contributed by atoms with Crippen LogP contribution in [0.15, 0.2) is 29.4 Å². The standard InChI is InChI=1S/C11H15N3S/c1-2-13-10(9-12)6-8-15-11-5-3-4-7-14-11/h3-5,7,10,13H,2,6,8H2,1H3. The van der Waals surface area contributed by atoms with E-state index in [1.54, 1.807) is 18.0 Å². The maximum atomic E-state index is 8.82. The van der Waals surface area contributed by atoms with Gasteiger partial charge in [-0.3, -0.25) is 0 Å². The number of hydrogen-bond acceptors (Lipinski definition) is 4. The van der Waals surface area contributed by atoms with Gasteiger partial charge in [0.05, 0.1) is 17.1 Å². The smallest absolute Gasteiger partial charge is 0.0960 e. The Morgan fingerprint density at radius 2 is 2.47 bits per heavy atom. The molecule has 0 fully saturated rings. The summed E-state index contributed by atoms with van der Waals surface area (Å²) in [6, 6.07) is 8.07. The van der Waals surface area contributed by atoms with Crippen LogP contribution in [0.2, 0.25) is 0 Å². The maximum Gasteiger partial charge on any atom is 0.0960 e. The van der Waals surface area contributed by atoms with E-state index in [1.807, 2.05) is 25.1 Å². The molecule has 0 amide bonds. The van der Waals surface area contributed by atoms with Crippen LogP contribution in [0.3, 0.4) is 0 Å². The first-order valence-electron chi connectivity index (χ1n) is 5.03. The van der Waals surface area contributed by atoms with Gasteiger partial charge in [-0.15, -0.1) is 11.8 Å². The number of thioether (sulfide) groups is 1. The number of rotatable bonds is 6. The van der Waals surface area contributed by atoms with Crippen LogP contribution in [0.5, 0.6) is 0 Å². The molecule has 1 aromatic rings. The highest BCUT2D eigenvalue weighted by molar-refractivity contribution is 7.99. The van der Waals surface area contributed by atoms with Crippen LogP contribution in [-0.4, -0.2) is 23.3 Å². The van der Waals surface area contributed by atoms with Crippen LogP contribution in [0.1, 0.15) is 13.3 Å².